The van der Waals surface area contributed by atoms with Crippen molar-refractivity contribution in [3.05, 3.63) is 12.2 Å². The second kappa shape index (κ2) is 7.26. The van der Waals surface area contributed by atoms with Crippen molar-refractivity contribution in [1.82, 2.24) is 0 Å². The van der Waals surface area contributed by atoms with Crippen LogP contribution in [0.15, 0.2) is 12.2 Å². The van der Waals surface area contributed by atoms with Gasteiger partial charge >= 0.3 is 0 Å². The Labute approximate surface area is 132 Å². The zero-order valence-corrected chi connectivity index (χ0v) is 14.3. The summed E-state index contributed by atoms with van der Waals surface area (Å²) in [4.78, 5) is 0.828. The molecule has 0 aromatic carbocycles. The van der Waals surface area contributed by atoms with E-state index in [2.05, 4.69) is 44.7 Å². The summed E-state index contributed by atoms with van der Waals surface area (Å²) in [5, 5.41) is 0. The minimum Gasteiger partial charge on any atom is -0.371 e. The lowest BCUT2D eigenvalue weighted by molar-refractivity contribution is -0.0523. The molecule has 0 radical (unpaired) electrons. The summed E-state index contributed by atoms with van der Waals surface area (Å²) >= 11 is 7.47. The third-order valence-electron chi connectivity index (χ3n) is 3.82. The molecule has 2 saturated heterocycles. The normalized spacial score (nSPS) is 40.0. The molecule has 19 heavy (non-hydrogen) atoms. The first-order valence-electron chi connectivity index (χ1n) is 6.85. The van der Waals surface area contributed by atoms with E-state index in [1.807, 2.05) is 6.08 Å². The van der Waals surface area contributed by atoms with Crippen LogP contribution in [0.25, 0.3) is 0 Å². The Morgan fingerprint density at radius 3 is 2.84 bits per heavy atom. The molecule has 2 aliphatic heterocycles. The van der Waals surface area contributed by atoms with E-state index in [0.29, 0.717) is 9.65 Å². The minimum atomic E-state index is 0.105. The average Bonchev–Trinajstić information content (AvgIpc) is 2.66. The fourth-order valence-electron chi connectivity index (χ4n) is 2.75. The Morgan fingerprint density at radius 2 is 2.16 bits per heavy atom. The van der Waals surface area contributed by atoms with Gasteiger partial charge in [0, 0.05) is 16.1 Å². The van der Waals surface area contributed by atoms with Gasteiger partial charge in [0.05, 0.1) is 24.4 Å². The first-order valence-corrected chi connectivity index (χ1v) is 8.69. The molecule has 6 atom stereocenters. The quantitative estimate of drug-likeness (QED) is 0.535. The van der Waals surface area contributed by atoms with E-state index in [9.17, 15) is 0 Å². The Kier molecular flexibility index (Phi) is 5.95. The minimum absolute atomic E-state index is 0.105. The van der Waals surface area contributed by atoms with Gasteiger partial charge in [0.25, 0.3) is 0 Å². The molecule has 0 saturated carbocycles. The molecular weight excluding hydrogens is 372 g/mol. The van der Waals surface area contributed by atoms with Gasteiger partial charge in [-0.2, -0.15) is 0 Å². The first-order chi connectivity index (χ1) is 9.15. The average molecular weight is 392 g/mol. The van der Waals surface area contributed by atoms with Crippen molar-refractivity contribution in [1.29, 1.82) is 0 Å². The molecule has 4 heteroatoms. The number of fused-ring (bicyclic) bond motifs is 2. The van der Waals surface area contributed by atoms with E-state index < -0.39 is 0 Å². The van der Waals surface area contributed by atoms with E-state index in [1.165, 1.54) is 0 Å². The van der Waals surface area contributed by atoms with Gasteiger partial charge < -0.3 is 9.47 Å². The van der Waals surface area contributed by atoms with Gasteiger partial charge in [-0.25, -0.2) is 0 Å². The molecule has 2 bridgehead atoms. The Hall–Kier alpha value is 0.180. The van der Waals surface area contributed by atoms with E-state index in [1.54, 1.807) is 6.08 Å². The van der Waals surface area contributed by atoms with Crippen LogP contribution in [0.3, 0.4) is 0 Å². The molecule has 106 valence electrons. The summed E-state index contributed by atoms with van der Waals surface area (Å²) in [6.07, 6.45) is 13.6. The third-order valence-corrected chi connectivity index (χ3v) is 6.02. The van der Waals surface area contributed by atoms with Crippen LogP contribution >= 0.6 is 31.9 Å². The monoisotopic (exact) mass is 390 g/mol. The van der Waals surface area contributed by atoms with Crippen LogP contribution in [0.2, 0.25) is 0 Å². The summed E-state index contributed by atoms with van der Waals surface area (Å²) in [5.74, 6) is 2.52. The molecule has 2 fully saturated rings. The number of ether oxygens (including phenoxy) is 2. The zero-order valence-electron chi connectivity index (χ0n) is 11.1. The maximum absolute atomic E-state index is 6.28. The second-order valence-corrected chi connectivity index (χ2v) is 7.49. The predicted molar refractivity (Wildman–Crippen MR) is 84.9 cm³/mol. The van der Waals surface area contributed by atoms with Crippen molar-refractivity contribution in [2.45, 2.75) is 66.7 Å². The van der Waals surface area contributed by atoms with E-state index in [4.69, 9.17) is 15.9 Å². The number of halogens is 2. The molecule has 2 aliphatic rings. The van der Waals surface area contributed by atoms with Gasteiger partial charge in [-0.1, -0.05) is 50.8 Å². The maximum Gasteiger partial charge on any atom is 0.0876 e. The van der Waals surface area contributed by atoms with Crippen LogP contribution in [0, 0.1) is 12.3 Å². The number of hydrogen-bond acceptors (Lipinski definition) is 2. The highest BCUT2D eigenvalue weighted by molar-refractivity contribution is 9.09. The summed E-state index contributed by atoms with van der Waals surface area (Å²) in [5.41, 5.74) is 0. The molecule has 0 amide bonds. The lowest BCUT2D eigenvalue weighted by Crippen LogP contribution is -2.36. The first kappa shape index (κ1) is 15.6. The van der Waals surface area contributed by atoms with Crippen molar-refractivity contribution in [3.63, 3.8) is 0 Å². The van der Waals surface area contributed by atoms with Crippen molar-refractivity contribution < 1.29 is 9.47 Å². The summed E-state index contributed by atoms with van der Waals surface area (Å²) in [7, 11) is 0. The van der Waals surface area contributed by atoms with Crippen molar-refractivity contribution in [2.75, 3.05) is 0 Å². The molecule has 0 unspecified atom stereocenters. The fraction of sp³-hybridized carbons (Fsp3) is 0.733. The summed E-state index contributed by atoms with van der Waals surface area (Å²) < 4.78 is 12.4. The fourth-order valence-corrected chi connectivity index (χ4v) is 3.80. The Balaban J connectivity index is 2.07. The highest BCUT2D eigenvalue weighted by Crippen LogP contribution is 2.38. The number of rotatable bonds is 4. The number of terminal acetylenes is 1. The van der Waals surface area contributed by atoms with E-state index in [0.717, 1.165) is 25.7 Å². The maximum atomic E-state index is 6.28. The van der Waals surface area contributed by atoms with Crippen LogP contribution in [0.1, 0.15) is 32.6 Å². The summed E-state index contributed by atoms with van der Waals surface area (Å²) in [6, 6.07) is 0. The van der Waals surface area contributed by atoms with Gasteiger partial charge in [0.15, 0.2) is 0 Å². The molecule has 0 spiro atoms. The highest BCUT2D eigenvalue weighted by atomic mass is 79.9. The number of hydrogen-bond donors (Lipinski definition) is 0. The van der Waals surface area contributed by atoms with Crippen molar-refractivity contribution in [3.8, 4) is 12.3 Å². The van der Waals surface area contributed by atoms with Gasteiger partial charge in [0.2, 0.25) is 0 Å². The van der Waals surface area contributed by atoms with Gasteiger partial charge in [-0.15, -0.1) is 6.42 Å². The number of allylic oxidation sites excluding steroid dienone is 1. The molecule has 0 N–H and O–H groups in total. The predicted octanol–water partition coefficient (Wildman–Crippen LogP) is 3.82. The lowest BCUT2D eigenvalue weighted by Gasteiger charge is -2.29. The standard InChI is InChI=1S/C15H20Br2O2/c1-3-5-6-7-12-15-8-11(17)14(19-15)9-13(18-12)10(16)4-2/h1,5-6,10-15H,4,7-9H2,2H3/b6-5+/t10-,11-,12-,13+,14-,15-/m0/s1. The van der Waals surface area contributed by atoms with Gasteiger partial charge in [0.1, 0.15) is 0 Å². The lowest BCUT2D eigenvalue weighted by atomic mass is 9.99. The van der Waals surface area contributed by atoms with E-state index in [-0.39, 0.29) is 24.4 Å². The molecular formula is C15H20Br2O2. The third kappa shape index (κ3) is 3.85. The zero-order chi connectivity index (χ0) is 13.8. The largest absolute Gasteiger partial charge is 0.371 e. The van der Waals surface area contributed by atoms with Crippen LogP contribution in [-0.2, 0) is 9.47 Å². The Bertz CT molecular complexity index is 364. The van der Waals surface area contributed by atoms with Crippen LogP contribution in [0.5, 0.6) is 0 Å². The van der Waals surface area contributed by atoms with Gasteiger partial charge in [-0.05, 0) is 25.3 Å². The smallest absolute Gasteiger partial charge is 0.0876 e. The molecule has 2 heterocycles. The highest BCUT2D eigenvalue weighted by Gasteiger charge is 2.44. The Morgan fingerprint density at radius 1 is 1.37 bits per heavy atom. The van der Waals surface area contributed by atoms with Crippen molar-refractivity contribution >= 4 is 31.9 Å². The summed E-state index contributed by atoms with van der Waals surface area (Å²) in [6.45, 7) is 2.17. The topological polar surface area (TPSA) is 18.5 Å². The van der Waals surface area contributed by atoms with Crippen molar-refractivity contribution in [2.24, 2.45) is 0 Å². The molecule has 0 aromatic rings. The SMILES string of the molecule is C#C/C=C/C[C@@H]1O[C@@H]([C@@H](Br)CC)C[C@@H]2O[C@H]1C[C@@H]2Br. The van der Waals surface area contributed by atoms with E-state index >= 15 is 0 Å². The van der Waals surface area contributed by atoms with Crippen LogP contribution in [-0.4, -0.2) is 34.1 Å². The molecule has 2 rings (SSSR count). The number of alkyl halides is 2. The molecule has 2 nitrogen and oxygen atoms in total. The second-order valence-electron chi connectivity index (χ2n) is 5.14. The van der Waals surface area contributed by atoms with Crippen LogP contribution in [0.4, 0.5) is 0 Å². The van der Waals surface area contributed by atoms with Crippen LogP contribution < -0.4 is 0 Å². The molecule has 0 aliphatic carbocycles. The van der Waals surface area contributed by atoms with Gasteiger partial charge in [-0.3, -0.25) is 0 Å². The molecule has 0 aromatic heterocycles.